The minimum absolute atomic E-state index is 0.280. The summed E-state index contributed by atoms with van der Waals surface area (Å²) < 4.78 is 13.7. The predicted octanol–water partition coefficient (Wildman–Crippen LogP) is 1.86. The minimum atomic E-state index is -1.38. The fraction of sp³-hybridized carbons (Fsp3) is 0.385. The second-order valence-corrected chi connectivity index (χ2v) is 4.97. The van der Waals surface area contributed by atoms with Gasteiger partial charge >= 0.3 is 5.97 Å². The Morgan fingerprint density at radius 3 is 2.43 bits per heavy atom. The van der Waals surface area contributed by atoms with Crippen LogP contribution < -0.4 is 5.32 Å². The third-order valence-corrected chi connectivity index (χ3v) is 3.63. The largest absolute Gasteiger partial charge is 0.480 e. The molecule has 1 amide bonds. The summed E-state index contributed by atoms with van der Waals surface area (Å²) >= 11 is 0. The lowest BCUT2D eigenvalue weighted by atomic mass is 9.97. The van der Waals surface area contributed by atoms with Gasteiger partial charge in [-0.15, -0.1) is 0 Å². The number of hydrogen-bond donors (Lipinski definition) is 2. The molecule has 0 aliphatic heterocycles. The molecule has 2 rings (SSSR count). The number of carboxylic acids is 1. The van der Waals surface area contributed by atoms with Crippen LogP contribution in [0.5, 0.6) is 0 Å². The molecule has 0 heterocycles. The topological polar surface area (TPSA) is 110 Å². The molecule has 21 heavy (non-hydrogen) atoms. The predicted molar refractivity (Wildman–Crippen MR) is 69.4 cm³/mol. The molecule has 112 valence electrons. The van der Waals surface area contributed by atoms with E-state index in [-0.39, 0.29) is 12.8 Å². The van der Waals surface area contributed by atoms with E-state index in [1.165, 1.54) is 0 Å². The number of nitro benzene ring substituents is 1. The van der Waals surface area contributed by atoms with Crippen molar-refractivity contribution in [3.63, 3.8) is 0 Å². The van der Waals surface area contributed by atoms with Gasteiger partial charge in [-0.25, -0.2) is 9.18 Å². The Bertz CT molecular complexity index is 611. The number of nitrogens with one attached hydrogen (secondary N) is 1. The number of halogens is 1. The molecule has 8 heteroatoms. The first kappa shape index (κ1) is 14.9. The zero-order chi connectivity index (χ0) is 15.6. The van der Waals surface area contributed by atoms with Gasteiger partial charge in [-0.2, -0.15) is 0 Å². The van der Waals surface area contributed by atoms with E-state index in [0.29, 0.717) is 18.9 Å². The minimum Gasteiger partial charge on any atom is -0.480 e. The normalized spacial score (nSPS) is 16.4. The maximum absolute atomic E-state index is 13.7. The number of carbonyl (C=O) groups is 2. The van der Waals surface area contributed by atoms with Gasteiger partial charge < -0.3 is 10.4 Å². The van der Waals surface area contributed by atoms with Crippen LogP contribution in [0.2, 0.25) is 0 Å². The first-order valence-electron chi connectivity index (χ1n) is 6.35. The van der Waals surface area contributed by atoms with Gasteiger partial charge in [-0.1, -0.05) is 12.8 Å². The molecule has 1 aliphatic carbocycles. The highest BCUT2D eigenvalue weighted by Gasteiger charge is 2.43. The fourth-order valence-corrected chi connectivity index (χ4v) is 2.46. The maximum Gasteiger partial charge on any atom is 0.329 e. The smallest absolute Gasteiger partial charge is 0.329 e. The van der Waals surface area contributed by atoms with Gasteiger partial charge in [0.2, 0.25) is 0 Å². The van der Waals surface area contributed by atoms with Gasteiger partial charge in [0.15, 0.2) is 0 Å². The molecule has 0 aromatic heterocycles. The van der Waals surface area contributed by atoms with Crippen molar-refractivity contribution in [3.05, 3.63) is 39.7 Å². The van der Waals surface area contributed by atoms with Crippen LogP contribution >= 0.6 is 0 Å². The van der Waals surface area contributed by atoms with Crippen LogP contribution in [0, 0.1) is 15.9 Å². The van der Waals surface area contributed by atoms with E-state index in [9.17, 15) is 29.2 Å². The van der Waals surface area contributed by atoms with Gasteiger partial charge in [0.25, 0.3) is 11.6 Å². The lowest BCUT2D eigenvalue weighted by Crippen LogP contribution is -2.52. The first-order valence-corrected chi connectivity index (χ1v) is 6.35. The van der Waals surface area contributed by atoms with E-state index in [2.05, 4.69) is 5.32 Å². The summed E-state index contributed by atoms with van der Waals surface area (Å²) in [7, 11) is 0. The van der Waals surface area contributed by atoms with Gasteiger partial charge in [-0.3, -0.25) is 14.9 Å². The van der Waals surface area contributed by atoms with Crippen molar-refractivity contribution >= 4 is 17.6 Å². The Hall–Kier alpha value is -2.51. The number of nitrogens with zero attached hydrogens (tertiary/aromatic N) is 1. The standard InChI is InChI=1S/C13H13FN2O5/c14-10-7-8(16(20)21)3-4-9(10)11(17)15-13(12(18)19)5-1-2-6-13/h3-4,7H,1-2,5-6H2,(H,15,17)(H,18,19). The molecule has 2 N–H and O–H groups in total. The summed E-state index contributed by atoms with van der Waals surface area (Å²) in [4.78, 5) is 33.1. The van der Waals surface area contributed by atoms with Gasteiger partial charge in [0, 0.05) is 6.07 Å². The monoisotopic (exact) mass is 296 g/mol. The lowest BCUT2D eigenvalue weighted by Gasteiger charge is -2.25. The van der Waals surface area contributed by atoms with Crippen LogP contribution in [0.3, 0.4) is 0 Å². The van der Waals surface area contributed by atoms with E-state index in [1.807, 2.05) is 0 Å². The van der Waals surface area contributed by atoms with Gasteiger partial charge in [-0.05, 0) is 18.9 Å². The molecule has 1 saturated carbocycles. The lowest BCUT2D eigenvalue weighted by molar-refractivity contribution is -0.385. The highest BCUT2D eigenvalue weighted by Crippen LogP contribution is 2.30. The van der Waals surface area contributed by atoms with Crippen LogP contribution in [0.1, 0.15) is 36.0 Å². The maximum atomic E-state index is 13.7. The summed E-state index contributed by atoms with van der Waals surface area (Å²) in [6.45, 7) is 0. The van der Waals surface area contributed by atoms with Gasteiger partial charge in [0.1, 0.15) is 11.4 Å². The van der Waals surface area contributed by atoms with E-state index >= 15 is 0 Å². The van der Waals surface area contributed by atoms with Crippen molar-refractivity contribution in [1.29, 1.82) is 0 Å². The Labute approximate surface area is 118 Å². The quantitative estimate of drug-likeness (QED) is 0.651. The van der Waals surface area contributed by atoms with Crippen LogP contribution in [0.25, 0.3) is 0 Å². The third-order valence-electron chi connectivity index (χ3n) is 3.63. The van der Waals surface area contributed by atoms with E-state index in [0.717, 1.165) is 12.1 Å². The fourth-order valence-electron chi connectivity index (χ4n) is 2.46. The molecule has 0 bridgehead atoms. The average Bonchev–Trinajstić information content (AvgIpc) is 2.88. The summed E-state index contributed by atoms with van der Waals surface area (Å²) in [5.74, 6) is -3.09. The number of nitro groups is 1. The third kappa shape index (κ3) is 2.83. The zero-order valence-electron chi connectivity index (χ0n) is 11.0. The summed E-state index contributed by atoms with van der Waals surface area (Å²) in [5.41, 5.74) is -2.27. The van der Waals surface area contributed by atoms with Crippen molar-refractivity contribution in [1.82, 2.24) is 5.32 Å². The summed E-state index contributed by atoms with van der Waals surface area (Å²) in [6.07, 6.45) is 1.88. The number of aliphatic carboxylic acids is 1. The Kier molecular flexibility index (Phi) is 3.88. The highest BCUT2D eigenvalue weighted by molar-refractivity contribution is 5.98. The molecule has 7 nitrogen and oxygen atoms in total. The van der Waals surface area contributed by atoms with Crippen LogP contribution in [-0.2, 0) is 4.79 Å². The van der Waals surface area contributed by atoms with Crippen LogP contribution in [-0.4, -0.2) is 27.4 Å². The average molecular weight is 296 g/mol. The molecule has 1 aromatic rings. The number of benzene rings is 1. The Balaban J connectivity index is 2.24. The second kappa shape index (κ2) is 5.47. The molecule has 0 atom stereocenters. The van der Waals surface area contributed by atoms with Crippen molar-refractivity contribution in [3.8, 4) is 0 Å². The Morgan fingerprint density at radius 1 is 1.33 bits per heavy atom. The van der Waals surface area contributed by atoms with Crippen molar-refractivity contribution in [2.45, 2.75) is 31.2 Å². The van der Waals surface area contributed by atoms with Crippen molar-refractivity contribution in [2.75, 3.05) is 0 Å². The molecule has 1 aromatic carbocycles. The van der Waals surface area contributed by atoms with E-state index in [1.54, 1.807) is 0 Å². The summed E-state index contributed by atoms with van der Waals surface area (Å²) in [5, 5.41) is 22.1. The van der Waals surface area contributed by atoms with E-state index in [4.69, 9.17) is 0 Å². The molecular weight excluding hydrogens is 283 g/mol. The number of carbonyl (C=O) groups excluding carboxylic acids is 1. The molecular formula is C13H13FN2O5. The molecule has 0 spiro atoms. The first-order chi connectivity index (χ1) is 9.85. The number of carboxylic acid groups (broad SMARTS) is 1. The zero-order valence-corrected chi connectivity index (χ0v) is 11.0. The van der Waals surface area contributed by atoms with Gasteiger partial charge in [0.05, 0.1) is 16.6 Å². The summed E-state index contributed by atoms with van der Waals surface area (Å²) in [6, 6.07) is 2.62. The van der Waals surface area contributed by atoms with Crippen molar-refractivity contribution in [2.24, 2.45) is 0 Å². The number of non-ortho nitro benzene ring substituents is 1. The SMILES string of the molecule is O=C(NC1(C(=O)O)CCCC1)c1ccc([N+](=O)[O-])cc1F. The van der Waals surface area contributed by atoms with E-state index < -0.39 is 39.4 Å². The Morgan fingerprint density at radius 2 is 1.95 bits per heavy atom. The molecule has 0 radical (unpaired) electrons. The van der Waals surface area contributed by atoms with Crippen LogP contribution in [0.4, 0.5) is 10.1 Å². The number of hydrogen-bond acceptors (Lipinski definition) is 4. The molecule has 0 saturated heterocycles. The molecule has 1 fully saturated rings. The second-order valence-electron chi connectivity index (χ2n) is 4.97. The number of amides is 1. The van der Waals surface area contributed by atoms with Crippen molar-refractivity contribution < 1.29 is 24.0 Å². The molecule has 0 unspecified atom stereocenters. The number of rotatable bonds is 4. The van der Waals surface area contributed by atoms with Crippen LogP contribution in [0.15, 0.2) is 18.2 Å². The highest BCUT2D eigenvalue weighted by atomic mass is 19.1. The molecule has 1 aliphatic rings.